The molecule has 0 spiro atoms. The van der Waals surface area contributed by atoms with E-state index in [-0.39, 0.29) is 0 Å². The highest BCUT2D eigenvalue weighted by atomic mass is 19.1. The van der Waals surface area contributed by atoms with Crippen molar-refractivity contribution < 1.29 is 9.13 Å². The van der Waals surface area contributed by atoms with Crippen LogP contribution >= 0.6 is 0 Å². The zero-order chi connectivity index (χ0) is 13.9. The van der Waals surface area contributed by atoms with Gasteiger partial charge in [-0.05, 0) is 30.3 Å². The molecule has 0 amide bonds. The van der Waals surface area contributed by atoms with Gasteiger partial charge in [0, 0.05) is 25.0 Å². The summed E-state index contributed by atoms with van der Waals surface area (Å²) in [7, 11) is 1.81. The summed E-state index contributed by atoms with van der Waals surface area (Å²) in [5, 5.41) is 2.97. The molecular formula is C14H13FN4O. The predicted molar refractivity (Wildman–Crippen MR) is 74.6 cm³/mol. The Labute approximate surface area is 115 Å². The van der Waals surface area contributed by atoms with Gasteiger partial charge in [0.25, 0.3) is 0 Å². The van der Waals surface area contributed by atoms with Crippen LogP contribution in [0.5, 0.6) is 5.75 Å². The molecule has 3 aromatic rings. The lowest BCUT2D eigenvalue weighted by atomic mass is 10.2. The summed E-state index contributed by atoms with van der Waals surface area (Å²) in [4.78, 5) is 8.82. The molecule has 0 saturated heterocycles. The Bertz CT molecular complexity index is 724. The van der Waals surface area contributed by atoms with E-state index in [0.717, 1.165) is 17.1 Å². The molecule has 1 aromatic carbocycles. The van der Waals surface area contributed by atoms with Gasteiger partial charge < -0.3 is 10.1 Å². The fourth-order valence-corrected chi connectivity index (χ4v) is 1.94. The number of imidazole rings is 1. The van der Waals surface area contributed by atoms with Crippen LogP contribution in [0, 0.1) is 0 Å². The maximum Gasteiger partial charge on any atom is 0.236 e. The van der Waals surface area contributed by atoms with E-state index in [0.29, 0.717) is 11.5 Å². The summed E-state index contributed by atoms with van der Waals surface area (Å²) in [6, 6.07) is 8.98. The van der Waals surface area contributed by atoms with E-state index in [1.165, 1.54) is 0 Å². The Kier molecular flexibility index (Phi) is 3.20. The highest BCUT2D eigenvalue weighted by Gasteiger charge is 2.06. The third kappa shape index (κ3) is 2.27. The highest BCUT2D eigenvalue weighted by Crippen LogP contribution is 2.22. The lowest BCUT2D eigenvalue weighted by molar-refractivity contribution is 0.192. The minimum absolute atomic E-state index is 0.496. The number of aromatic nitrogens is 3. The van der Waals surface area contributed by atoms with Gasteiger partial charge in [0.15, 0.2) is 0 Å². The molecule has 0 saturated carbocycles. The topological polar surface area (TPSA) is 51.5 Å². The van der Waals surface area contributed by atoms with E-state index in [1.54, 1.807) is 12.1 Å². The number of benzene rings is 1. The Hall–Kier alpha value is -2.63. The quantitative estimate of drug-likeness (QED) is 0.793. The van der Waals surface area contributed by atoms with Gasteiger partial charge in [-0.25, -0.2) is 9.37 Å². The zero-order valence-corrected chi connectivity index (χ0v) is 10.9. The second-order valence-corrected chi connectivity index (χ2v) is 4.17. The molecule has 0 radical (unpaired) electrons. The third-order valence-electron chi connectivity index (χ3n) is 2.95. The third-order valence-corrected chi connectivity index (χ3v) is 2.95. The summed E-state index contributed by atoms with van der Waals surface area (Å²) in [5.41, 5.74) is 1.73. The second kappa shape index (κ2) is 5.16. The summed E-state index contributed by atoms with van der Waals surface area (Å²) in [5.74, 6) is 1.88. The fraction of sp³-hybridized carbons (Fsp3) is 0.143. The fourth-order valence-electron chi connectivity index (χ4n) is 1.94. The van der Waals surface area contributed by atoms with Gasteiger partial charge >= 0.3 is 0 Å². The molecule has 0 aliphatic heterocycles. The van der Waals surface area contributed by atoms with E-state index in [1.807, 2.05) is 42.0 Å². The summed E-state index contributed by atoms with van der Waals surface area (Å²) in [6.07, 6.45) is 3.79. The lowest BCUT2D eigenvalue weighted by Gasteiger charge is -2.01. The lowest BCUT2D eigenvalue weighted by Crippen LogP contribution is -1.94. The summed E-state index contributed by atoms with van der Waals surface area (Å²) < 4.78 is 18.7. The van der Waals surface area contributed by atoms with Gasteiger partial charge in [-0.3, -0.25) is 4.40 Å². The molecule has 5 nitrogen and oxygen atoms in total. The number of nitrogens with zero attached hydrogens (tertiary/aromatic N) is 3. The normalized spacial score (nSPS) is 10.7. The average molecular weight is 272 g/mol. The number of hydrogen-bond donors (Lipinski definition) is 1. The van der Waals surface area contributed by atoms with E-state index >= 15 is 0 Å². The van der Waals surface area contributed by atoms with E-state index in [2.05, 4.69) is 15.3 Å². The number of hydrogen-bond acceptors (Lipinski definition) is 4. The molecule has 0 bridgehead atoms. The van der Waals surface area contributed by atoms with Gasteiger partial charge in [-0.15, -0.1) is 0 Å². The monoisotopic (exact) mass is 272 g/mol. The van der Waals surface area contributed by atoms with Crippen molar-refractivity contribution in [1.29, 1.82) is 0 Å². The molecule has 0 aliphatic carbocycles. The van der Waals surface area contributed by atoms with Crippen LogP contribution < -0.4 is 10.1 Å². The van der Waals surface area contributed by atoms with Crippen LogP contribution in [0.4, 0.5) is 10.2 Å². The zero-order valence-electron chi connectivity index (χ0n) is 10.9. The number of rotatable bonds is 4. The van der Waals surface area contributed by atoms with Crippen molar-refractivity contribution in [2.24, 2.45) is 0 Å². The van der Waals surface area contributed by atoms with Crippen molar-refractivity contribution >= 4 is 11.6 Å². The van der Waals surface area contributed by atoms with Crippen molar-refractivity contribution in [3.8, 4) is 17.0 Å². The minimum atomic E-state index is -0.829. The van der Waals surface area contributed by atoms with E-state index in [4.69, 9.17) is 4.74 Å². The van der Waals surface area contributed by atoms with Crippen molar-refractivity contribution in [3.63, 3.8) is 0 Å². The van der Waals surface area contributed by atoms with Crippen molar-refractivity contribution in [2.45, 2.75) is 0 Å². The Balaban J connectivity index is 1.96. The van der Waals surface area contributed by atoms with Gasteiger partial charge in [-0.2, -0.15) is 4.98 Å². The number of ether oxygens (including phenoxy) is 1. The van der Waals surface area contributed by atoms with Crippen LogP contribution in [0.3, 0.4) is 0 Å². The number of nitrogens with one attached hydrogen (secondary N) is 1. The minimum Gasteiger partial charge on any atom is -0.463 e. The van der Waals surface area contributed by atoms with Gasteiger partial charge in [-0.1, -0.05) is 0 Å². The van der Waals surface area contributed by atoms with Crippen LogP contribution in [0.15, 0.2) is 42.7 Å². The van der Waals surface area contributed by atoms with E-state index in [9.17, 15) is 4.39 Å². The first-order valence-electron chi connectivity index (χ1n) is 6.13. The molecule has 0 fully saturated rings. The Morgan fingerprint density at radius 3 is 2.70 bits per heavy atom. The highest BCUT2D eigenvalue weighted by molar-refractivity contribution is 5.62. The van der Waals surface area contributed by atoms with Crippen molar-refractivity contribution in [2.75, 3.05) is 19.2 Å². The van der Waals surface area contributed by atoms with Crippen LogP contribution in [0.2, 0.25) is 0 Å². The molecule has 2 aromatic heterocycles. The van der Waals surface area contributed by atoms with Gasteiger partial charge in [0.2, 0.25) is 12.6 Å². The van der Waals surface area contributed by atoms with Gasteiger partial charge in [0.1, 0.15) is 11.6 Å². The molecule has 0 unspecified atom stereocenters. The van der Waals surface area contributed by atoms with Crippen LogP contribution in [0.25, 0.3) is 17.0 Å². The molecule has 1 N–H and O–H groups in total. The largest absolute Gasteiger partial charge is 0.463 e. The molecule has 3 rings (SSSR count). The number of halogens is 1. The molecular weight excluding hydrogens is 259 g/mol. The molecule has 0 atom stereocenters. The predicted octanol–water partition coefficient (Wildman–Crippen LogP) is 2.74. The Morgan fingerprint density at radius 2 is 2.00 bits per heavy atom. The molecule has 6 heteroatoms. The molecule has 102 valence electrons. The van der Waals surface area contributed by atoms with Crippen LogP contribution in [0.1, 0.15) is 0 Å². The summed E-state index contributed by atoms with van der Waals surface area (Å²) >= 11 is 0. The Morgan fingerprint density at radius 1 is 1.20 bits per heavy atom. The maximum atomic E-state index is 12.1. The van der Waals surface area contributed by atoms with Crippen LogP contribution in [-0.4, -0.2) is 28.3 Å². The standard InChI is InChI=1S/C14H13FN4O/c1-16-13-6-7-19-8-12(17-14(19)18-13)10-2-4-11(5-3-10)20-9-15/h2-8H,9H2,1H3,(H,16,17,18). The number of anilines is 1. The first-order valence-corrected chi connectivity index (χ1v) is 6.13. The average Bonchev–Trinajstić information content (AvgIpc) is 2.91. The van der Waals surface area contributed by atoms with Gasteiger partial charge in [0.05, 0.1) is 5.69 Å². The van der Waals surface area contributed by atoms with Crippen molar-refractivity contribution in [1.82, 2.24) is 14.4 Å². The van der Waals surface area contributed by atoms with Crippen LogP contribution in [-0.2, 0) is 0 Å². The maximum absolute atomic E-state index is 12.1. The van der Waals surface area contributed by atoms with Crippen molar-refractivity contribution in [3.05, 3.63) is 42.7 Å². The number of fused-ring (bicyclic) bond motifs is 1. The number of alkyl halides is 1. The smallest absolute Gasteiger partial charge is 0.236 e. The second-order valence-electron chi connectivity index (χ2n) is 4.17. The summed E-state index contributed by atoms with van der Waals surface area (Å²) in [6.45, 7) is -0.829. The first-order chi connectivity index (χ1) is 9.80. The first kappa shape index (κ1) is 12.4. The molecule has 20 heavy (non-hydrogen) atoms. The SMILES string of the molecule is CNc1ccn2cc(-c3ccc(OCF)cc3)nc2n1. The molecule has 0 aliphatic rings. The van der Waals surface area contributed by atoms with E-state index < -0.39 is 6.86 Å². The molecule has 2 heterocycles.